The van der Waals surface area contributed by atoms with Gasteiger partial charge in [-0.1, -0.05) is 12.1 Å². The molecule has 1 N–H and O–H groups in total. The SMILES string of the molecule is O=[N+]([O-])c1ccc(Nc2ccnc3c(C(F)(F)F)cccc23)cc1. The Labute approximate surface area is 133 Å². The molecule has 8 heteroatoms. The Kier molecular flexibility index (Phi) is 3.80. The molecule has 0 atom stereocenters. The van der Waals surface area contributed by atoms with Crippen molar-refractivity contribution >= 4 is 28.0 Å². The first-order valence-electron chi connectivity index (χ1n) is 6.82. The second-order valence-corrected chi connectivity index (χ2v) is 4.99. The molecule has 0 saturated carbocycles. The number of alkyl halides is 3. The summed E-state index contributed by atoms with van der Waals surface area (Å²) in [4.78, 5) is 14.0. The van der Waals surface area contributed by atoms with E-state index >= 15 is 0 Å². The van der Waals surface area contributed by atoms with Crippen LogP contribution in [0.2, 0.25) is 0 Å². The van der Waals surface area contributed by atoms with Crippen LogP contribution in [0, 0.1) is 10.1 Å². The Morgan fingerprint density at radius 1 is 1.04 bits per heavy atom. The Bertz CT molecular complexity index is 909. The minimum atomic E-state index is -4.50. The van der Waals surface area contributed by atoms with Crippen LogP contribution in [-0.4, -0.2) is 9.91 Å². The highest BCUT2D eigenvalue weighted by Gasteiger charge is 2.33. The van der Waals surface area contributed by atoms with Gasteiger partial charge in [0.1, 0.15) is 0 Å². The largest absolute Gasteiger partial charge is 0.418 e. The number of nitro groups is 1. The fraction of sp³-hybridized carbons (Fsp3) is 0.0625. The van der Waals surface area contributed by atoms with E-state index in [1.165, 1.54) is 42.6 Å². The van der Waals surface area contributed by atoms with Crippen LogP contribution in [0.3, 0.4) is 0 Å². The molecule has 0 unspecified atom stereocenters. The normalized spacial score (nSPS) is 11.5. The molecule has 3 rings (SSSR count). The molecule has 0 saturated heterocycles. The predicted octanol–water partition coefficient (Wildman–Crippen LogP) is 4.91. The van der Waals surface area contributed by atoms with Crippen LogP contribution in [0.25, 0.3) is 10.9 Å². The lowest BCUT2D eigenvalue weighted by atomic mass is 10.1. The Morgan fingerprint density at radius 2 is 1.75 bits per heavy atom. The van der Waals surface area contributed by atoms with Gasteiger partial charge in [-0.05, 0) is 24.3 Å². The van der Waals surface area contributed by atoms with E-state index in [1.807, 2.05) is 0 Å². The molecule has 5 nitrogen and oxygen atoms in total. The third-order valence-corrected chi connectivity index (χ3v) is 3.43. The highest BCUT2D eigenvalue weighted by atomic mass is 19.4. The zero-order valence-electron chi connectivity index (χ0n) is 12.0. The Balaban J connectivity index is 2.03. The first kappa shape index (κ1) is 15.7. The van der Waals surface area contributed by atoms with E-state index < -0.39 is 16.7 Å². The predicted molar refractivity (Wildman–Crippen MR) is 83.1 cm³/mol. The quantitative estimate of drug-likeness (QED) is 0.546. The van der Waals surface area contributed by atoms with Crippen LogP contribution in [0.4, 0.5) is 30.2 Å². The van der Waals surface area contributed by atoms with Gasteiger partial charge < -0.3 is 5.32 Å². The van der Waals surface area contributed by atoms with Crippen molar-refractivity contribution in [2.45, 2.75) is 6.18 Å². The second kappa shape index (κ2) is 5.80. The molecule has 122 valence electrons. The van der Waals surface area contributed by atoms with Crippen LogP contribution in [0.15, 0.2) is 54.7 Å². The first-order chi connectivity index (χ1) is 11.4. The molecular formula is C16H10F3N3O2. The fourth-order valence-electron chi connectivity index (χ4n) is 2.34. The summed E-state index contributed by atoms with van der Waals surface area (Å²) in [5.41, 5.74) is -0.0887. The number of para-hydroxylation sites is 1. The van der Waals surface area contributed by atoms with E-state index in [1.54, 1.807) is 6.07 Å². The van der Waals surface area contributed by atoms with Gasteiger partial charge in [0, 0.05) is 35.1 Å². The average molecular weight is 333 g/mol. The molecule has 0 bridgehead atoms. The van der Waals surface area contributed by atoms with Crippen LogP contribution in [0.1, 0.15) is 5.56 Å². The highest BCUT2D eigenvalue weighted by molar-refractivity contribution is 5.94. The lowest BCUT2D eigenvalue weighted by Crippen LogP contribution is -2.06. The molecular weight excluding hydrogens is 323 g/mol. The number of benzene rings is 2. The number of nitrogens with one attached hydrogen (secondary N) is 1. The van der Waals surface area contributed by atoms with Crippen molar-refractivity contribution in [2.75, 3.05) is 5.32 Å². The number of aromatic nitrogens is 1. The molecule has 0 amide bonds. The summed E-state index contributed by atoms with van der Waals surface area (Å²) in [5.74, 6) is 0. The van der Waals surface area contributed by atoms with E-state index in [4.69, 9.17) is 0 Å². The monoisotopic (exact) mass is 333 g/mol. The number of nitro benzene ring substituents is 1. The lowest BCUT2D eigenvalue weighted by Gasteiger charge is -2.13. The number of anilines is 2. The third kappa shape index (κ3) is 2.98. The molecule has 0 aliphatic carbocycles. The maximum Gasteiger partial charge on any atom is 0.418 e. The van der Waals surface area contributed by atoms with Crippen LogP contribution >= 0.6 is 0 Å². The standard InChI is InChI=1S/C16H10F3N3O2/c17-16(18,19)13-3-1-2-12-14(8-9-20-15(12)13)21-10-4-6-11(7-5-10)22(23)24/h1-9H,(H,20,21). The summed E-state index contributed by atoms with van der Waals surface area (Å²) in [6.45, 7) is 0. The topological polar surface area (TPSA) is 68.1 Å². The molecule has 0 spiro atoms. The van der Waals surface area contributed by atoms with Crippen molar-refractivity contribution in [2.24, 2.45) is 0 Å². The minimum absolute atomic E-state index is 0.0699. The van der Waals surface area contributed by atoms with Gasteiger partial charge in [0.05, 0.1) is 16.0 Å². The number of halogens is 3. The third-order valence-electron chi connectivity index (χ3n) is 3.43. The number of hydrogen-bond acceptors (Lipinski definition) is 4. The van der Waals surface area contributed by atoms with Gasteiger partial charge in [0.15, 0.2) is 0 Å². The van der Waals surface area contributed by atoms with Gasteiger partial charge in [-0.15, -0.1) is 0 Å². The number of non-ortho nitro benzene ring substituents is 1. The molecule has 0 aliphatic heterocycles. The molecule has 24 heavy (non-hydrogen) atoms. The maximum atomic E-state index is 13.1. The lowest BCUT2D eigenvalue weighted by molar-refractivity contribution is -0.384. The number of hydrogen-bond donors (Lipinski definition) is 1. The van der Waals surface area contributed by atoms with Gasteiger partial charge in [0.2, 0.25) is 0 Å². The highest BCUT2D eigenvalue weighted by Crippen LogP contribution is 2.36. The summed E-state index contributed by atoms with van der Waals surface area (Å²) in [5, 5.41) is 13.9. The zero-order chi connectivity index (χ0) is 17.3. The van der Waals surface area contributed by atoms with Gasteiger partial charge in [-0.25, -0.2) is 0 Å². The van der Waals surface area contributed by atoms with Crippen LogP contribution in [-0.2, 0) is 6.18 Å². The van der Waals surface area contributed by atoms with E-state index in [0.717, 1.165) is 6.07 Å². The smallest absolute Gasteiger partial charge is 0.355 e. The second-order valence-electron chi connectivity index (χ2n) is 4.99. The summed E-state index contributed by atoms with van der Waals surface area (Å²) >= 11 is 0. The molecule has 1 aromatic heterocycles. The first-order valence-corrected chi connectivity index (χ1v) is 6.82. The Hall–Kier alpha value is -3.16. The number of pyridine rings is 1. The fourth-order valence-corrected chi connectivity index (χ4v) is 2.34. The van der Waals surface area contributed by atoms with Crippen LogP contribution < -0.4 is 5.32 Å². The summed E-state index contributed by atoms with van der Waals surface area (Å²) in [6.07, 6.45) is -3.22. The van der Waals surface area contributed by atoms with Crippen molar-refractivity contribution in [1.82, 2.24) is 4.98 Å². The van der Waals surface area contributed by atoms with Crippen molar-refractivity contribution in [3.8, 4) is 0 Å². The summed E-state index contributed by atoms with van der Waals surface area (Å²) in [6, 6.07) is 11.0. The van der Waals surface area contributed by atoms with Crippen LogP contribution in [0.5, 0.6) is 0 Å². The summed E-state index contributed by atoms with van der Waals surface area (Å²) < 4.78 is 39.2. The summed E-state index contributed by atoms with van der Waals surface area (Å²) in [7, 11) is 0. The minimum Gasteiger partial charge on any atom is -0.355 e. The van der Waals surface area contributed by atoms with Crippen molar-refractivity contribution in [3.05, 3.63) is 70.4 Å². The number of nitrogens with zero attached hydrogens (tertiary/aromatic N) is 2. The molecule has 0 fully saturated rings. The van der Waals surface area contributed by atoms with Gasteiger partial charge in [-0.3, -0.25) is 15.1 Å². The van der Waals surface area contributed by atoms with Gasteiger partial charge >= 0.3 is 6.18 Å². The maximum absolute atomic E-state index is 13.1. The van der Waals surface area contributed by atoms with E-state index in [9.17, 15) is 23.3 Å². The molecule has 0 radical (unpaired) electrons. The van der Waals surface area contributed by atoms with E-state index in [2.05, 4.69) is 10.3 Å². The molecule has 3 aromatic rings. The van der Waals surface area contributed by atoms with Gasteiger partial charge in [0.25, 0.3) is 5.69 Å². The van der Waals surface area contributed by atoms with E-state index in [0.29, 0.717) is 16.8 Å². The Morgan fingerprint density at radius 3 is 2.38 bits per heavy atom. The average Bonchev–Trinajstić information content (AvgIpc) is 2.54. The van der Waals surface area contributed by atoms with Crippen molar-refractivity contribution in [1.29, 1.82) is 0 Å². The van der Waals surface area contributed by atoms with E-state index in [-0.39, 0.29) is 11.2 Å². The van der Waals surface area contributed by atoms with Gasteiger partial charge in [-0.2, -0.15) is 13.2 Å². The number of fused-ring (bicyclic) bond motifs is 1. The molecule has 1 heterocycles. The van der Waals surface area contributed by atoms with Crippen molar-refractivity contribution in [3.63, 3.8) is 0 Å². The molecule has 2 aromatic carbocycles. The van der Waals surface area contributed by atoms with Crippen molar-refractivity contribution < 1.29 is 18.1 Å². The zero-order valence-corrected chi connectivity index (χ0v) is 12.0. The molecule has 0 aliphatic rings. The number of rotatable bonds is 3.